The quantitative estimate of drug-likeness (QED) is 0.128. The van der Waals surface area contributed by atoms with Crippen LogP contribution in [0, 0.1) is 11.8 Å². The number of benzene rings is 10. The lowest BCUT2D eigenvalue weighted by Crippen LogP contribution is -2.16. The summed E-state index contributed by atoms with van der Waals surface area (Å²) in [6.45, 7) is 4.78. The Labute approximate surface area is 355 Å². The van der Waals surface area contributed by atoms with Gasteiger partial charge in [0, 0.05) is 50.1 Å². The van der Waals surface area contributed by atoms with Crippen LogP contribution in [-0.2, 0) is 5.41 Å². The fourth-order valence-electron chi connectivity index (χ4n) is 10.2. The van der Waals surface area contributed by atoms with Crippen LogP contribution < -0.4 is 4.90 Å². The Morgan fingerprint density at radius 1 is 0.393 bits per heavy atom. The van der Waals surface area contributed by atoms with Crippen LogP contribution >= 0.6 is 0 Å². The zero-order valence-electron chi connectivity index (χ0n) is 34.0. The number of aromatic nitrogens is 1. The number of anilines is 3. The molecule has 0 atom stereocenters. The Bertz CT molecular complexity index is 3530. The van der Waals surface area contributed by atoms with Gasteiger partial charge in [-0.2, -0.15) is 0 Å². The molecular formula is C59H40N2. The van der Waals surface area contributed by atoms with E-state index in [-0.39, 0.29) is 5.41 Å². The molecule has 0 bridgehead atoms. The summed E-state index contributed by atoms with van der Waals surface area (Å²) in [4.78, 5) is 2.28. The average Bonchev–Trinajstić information content (AvgIpc) is 3.77. The van der Waals surface area contributed by atoms with Gasteiger partial charge in [0.1, 0.15) is 0 Å². The zero-order chi connectivity index (χ0) is 40.7. The van der Waals surface area contributed by atoms with Crippen molar-refractivity contribution in [2.45, 2.75) is 19.3 Å². The van der Waals surface area contributed by atoms with Crippen LogP contribution in [0.2, 0.25) is 0 Å². The highest BCUT2D eigenvalue weighted by atomic mass is 15.1. The Hall–Kier alpha value is -7.86. The van der Waals surface area contributed by atoms with Crippen LogP contribution in [-0.4, -0.2) is 4.57 Å². The predicted octanol–water partition coefficient (Wildman–Crippen LogP) is 15.4. The normalized spacial score (nSPS) is 12.8. The van der Waals surface area contributed by atoms with Crippen molar-refractivity contribution in [1.29, 1.82) is 0 Å². The second-order valence-corrected chi connectivity index (χ2v) is 16.7. The van der Waals surface area contributed by atoms with Crippen molar-refractivity contribution in [1.82, 2.24) is 4.57 Å². The molecular weight excluding hydrogens is 737 g/mol. The van der Waals surface area contributed by atoms with Crippen molar-refractivity contribution in [3.05, 3.63) is 229 Å². The first-order valence-electron chi connectivity index (χ1n) is 21.1. The summed E-state index contributed by atoms with van der Waals surface area (Å²) in [6, 6.07) is 74.7. The third kappa shape index (κ3) is 5.45. The number of para-hydroxylation sites is 3. The molecule has 0 spiro atoms. The molecule has 2 heteroatoms. The van der Waals surface area contributed by atoms with Crippen molar-refractivity contribution in [3.63, 3.8) is 0 Å². The van der Waals surface area contributed by atoms with Crippen LogP contribution in [0.15, 0.2) is 206 Å². The molecule has 12 rings (SSSR count). The number of hydrogen-bond donors (Lipinski definition) is 0. The van der Waals surface area contributed by atoms with E-state index < -0.39 is 0 Å². The minimum Gasteiger partial charge on any atom is -0.311 e. The molecule has 0 amide bonds. The van der Waals surface area contributed by atoms with Crippen molar-refractivity contribution in [2.75, 3.05) is 4.90 Å². The van der Waals surface area contributed by atoms with Crippen LogP contribution in [0.1, 0.15) is 36.1 Å². The van der Waals surface area contributed by atoms with Gasteiger partial charge in [-0.15, -0.1) is 0 Å². The van der Waals surface area contributed by atoms with Gasteiger partial charge in [-0.25, -0.2) is 0 Å². The van der Waals surface area contributed by atoms with E-state index in [1.807, 2.05) is 0 Å². The van der Waals surface area contributed by atoms with Gasteiger partial charge in [-0.3, -0.25) is 0 Å². The molecule has 0 N–H and O–H groups in total. The van der Waals surface area contributed by atoms with Crippen molar-refractivity contribution in [2.24, 2.45) is 0 Å². The summed E-state index contributed by atoms with van der Waals surface area (Å²) < 4.78 is 2.53. The lowest BCUT2D eigenvalue weighted by atomic mass is 9.81. The Balaban J connectivity index is 0.960. The first-order valence-corrected chi connectivity index (χ1v) is 21.1. The highest BCUT2D eigenvalue weighted by molar-refractivity contribution is 6.25. The lowest BCUT2D eigenvalue weighted by molar-refractivity contribution is 0.663. The molecule has 0 saturated heterocycles. The van der Waals surface area contributed by atoms with Crippen molar-refractivity contribution >= 4 is 71.2 Å². The molecule has 10 aromatic carbocycles. The van der Waals surface area contributed by atoms with Gasteiger partial charge in [0.25, 0.3) is 0 Å². The van der Waals surface area contributed by atoms with E-state index in [2.05, 4.69) is 241 Å². The Morgan fingerprint density at radius 3 is 1.54 bits per heavy atom. The molecule has 0 radical (unpaired) electrons. The van der Waals surface area contributed by atoms with Crippen molar-refractivity contribution in [3.8, 4) is 28.7 Å². The van der Waals surface area contributed by atoms with E-state index in [9.17, 15) is 0 Å². The maximum atomic E-state index is 3.54. The summed E-state index contributed by atoms with van der Waals surface area (Å²) in [5.74, 6) is 7.03. The van der Waals surface area contributed by atoms with Gasteiger partial charge < -0.3 is 9.47 Å². The fraction of sp³-hybridized carbons (Fsp3) is 0.0508. The molecule has 0 aliphatic heterocycles. The van der Waals surface area contributed by atoms with Gasteiger partial charge in [-0.05, 0) is 133 Å². The van der Waals surface area contributed by atoms with Gasteiger partial charge in [0.2, 0.25) is 0 Å². The fourth-order valence-corrected chi connectivity index (χ4v) is 10.2. The molecule has 11 aromatic rings. The second-order valence-electron chi connectivity index (χ2n) is 16.7. The minimum atomic E-state index is -0.270. The molecule has 1 heterocycles. The summed E-state index contributed by atoms with van der Waals surface area (Å²) in [5.41, 5.74) is 14.0. The lowest BCUT2D eigenvalue weighted by Gasteiger charge is -2.25. The third-order valence-electron chi connectivity index (χ3n) is 12.9. The van der Waals surface area contributed by atoms with Crippen LogP contribution in [0.25, 0.3) is 70.9 Å². The van der Waals surface area contributed by atoms with Gasteiger partial charge in [0.15, 0.2) is 0 Å². The predicted molar refractivity (Wildman–Crippen MR) is 258 cm³/mol. The highest BCUT2D eigenvalue weighted by Gasteiger charge is 2.39. The summed E-state index contributed by atoms with van der Waals surface area (Å²) in [7, 11) is 0. The molecule has 1 aliphatic rings. The van der Waals surface area contributed by atoms with Crippen LogP contribution in [0.4, 0.5) is 17.1 Å². The van der Waals surface area contributed by atoms with E-state index in [1.54, 1.807) is 0 Å². The number of rotatable bonds is 4. The Morgan fingerprint density at radius 2 is 0.885 bits per heavy atom. The summed E-state index contributed by atoms with van der Waals surface area (Å²) in [5, 5.41) is 10.3. The molecule has 2 nitrogen and oxygen atoms in total. The van der Waals surface area contributed by atoms with Gasteiger partial charge in [0.05, 0.1) is 11.0 Å². The van der Waals surface area contributed by atoms with Crippen LogP contribution in [0.5, 0.6) is 0 Å². The van der Waals surface area contributed by atoms with Crippen molar-refractivity contribution < 1.29 is 0 Å². The van der Waals surface area contributed by atoms with E-state index in [0.29, 0.717) is 0 Å². The Kier molecular flexibility index (Phi) is 7.83. The largest absolute Gasteiger partial charge is 0.311 e. The average molecular weight is 777 g/mol. The first kappa shape index (κ1) is 35.1. The summed E-state index contributed by atoms with van der Waals surface area (Å²) >= 11 is 0. The molecule has 0 unspecified atom stereocenters. The molecule has 0 saturated carbocycles. The standard InChI is InChI=1S/C59H40N2/c1-59(2)55-37-40(26-25-39-27-30-43(31-28-39)60(41-15-5-3-6-16-41)42-17-7-4-8-18-42)29-33-50(55)52-35-36-53-51-23-13-14-24-56(51)61(58(53)57(52)59)44-32-34-49-47-21-10-9-19-45(47)46-20-11-12-22-48(46)54(49)38-44/h3-24,27-38H,1-2H3. The molecule has 0 fully saturated rings. The highest BCUT2D eigenvalue weighted by Crippen LogP contribution is 2.53. The smallest absolute Gasteiger partial charge is 0.0588 e. The molecule has 1 aliphatic carbocycles. The number of nitrogens with zero attached hydrogens (tertiary/aromatic N) is 2. The first-order chi connectivity index (χ1) is 30.0. The molecule has 286 valence electrons. The molecule has 61 heavy (non-hydrogen) atoms. The maximum absolute atomic E-state index is 3.54. The number of fused-ring (bicyclic) bond motifs is 13. The van der Waals surface area contributed by atoms with E-state index >= 15 is 0 Å². The topological polar surface area (TPSA) is 8.17 Å². The van der Waals surface area contributed by atoms with E-state index in [4.69, 9.17) is 0 Å². The van der Waals surface area contributed by atoms with E-state index in [1.165, 1.54) is 82.1 Å². The number of hydrogen-bond acceptors (Lipinski definition) is 1. The summed E-state index contributed by atoms with van der Waals surface area (Å²) in [6.07, 6.45) is 0. The van der Waals surface area contributed by atoms with Gasteiger partial charge in [-0.1, -0.05) is 153 Å². The third-order valence-corrected chi connectivity index (χ3v) is 12.9. The zero-order valence-corrected chi connectivity index (χ0v) is 34.0. The van der Waals surface area contributed by atoms with Gasteiger partial charge >= 0.3 is 0 Å². The minimum absolute atomic E-state index is 0.270. The monoisotopic (exact) mass is 776 g/mol. The molecule has 1 aromatic heterocycles. The maximum Gasteiger partial charge on any atom is 0.0588 e. The second kappa shape index (κ2) is 13.6. The van der Waals surface area contributed by atoms with Crippen LogP contribution in [0.3, 0.4) is 0 Å². The van der Waals surface area contributed by atoms with E-state index in [0.717, 1.165) is 28.2 Å². The SMILES string of the molecule is CC1(C)c2cc(C#Cc3ccc(N(c4ccccc4)c4ccccc4)cc3)ccc2-c2ccc3c4ccccc4n(-c4ccc5c6ccccc6c6ccccc6c5c4)c3c21.